The third kappa shape index (κ3) is 5.56. The van der Waals surface area contributed by atoms with Gasteiger partial charge in [-0.3, -0.25) is 14.5 Å². The van der Waals surface area contributed by atoms with Gasteiger partial charge in [0.2, 0.25) is 11.8 Å². The lowest BCUT2D eigenvalue weighted by molar-refractivity contribution is -0.132. The van der Waals surface area contributed by atoms with Crippen LogP contribution in [0.1, 0.15) is 72.1 Å². The molecule has 4 bridgehead atoms. The Hall–Kier alpha value is -1.14. The molecule has 1 spiro atoms. The third-order valence-corrected chi connectivity index (χ3v) is 7.92. The molecule has 0 aromatic carbocycles. The van der Waals surface area contributed by atoms with Crippen molar-refractivity contribution in [3.05, 3.63) is 0 Å². The second kappa shape index (κ2) is 8.42. The Morgan fingerprint density at radius 2 is 1.40 bits per heavy atom. The molecule has 6 rings (SSSR count). The van der Waals surface area contributed by atoms with Crippen molar-refractivity contribution in [2.75, 3.05) is 26.2 Å². The number of rotatable bonds is 5. The minimum Gasteiger partial charge on any atom is -0.369 e. The molecule has 2 amide bonds. The number of hydrogen-bond donors (Lipinski definition) is 3. The van der Waals surface area contributed by atoms with E-state index in [1.807, 2.05) is 20.8 Å². The van der Waals surface area contributed by atoms with E-state index in [9.17, 15) is 9.59 Å². The van der Waals surface area contributed by atoms with Gasteiger partial charge in [-0.2, -0.15) is 0 Å². The first-order chi connectivity index (χ1) is 14.1. The third-order valence-electron chi connectivity index (χ3n) is 7.92. The van der Waals surface area contributed by atoms with Crippen LogP contribution in [-0.2, 0) is 9.59 Å². The van der Waals surface area contributed by atoms with E-state index in [0.29, 0.717) is 18.0 Å². The molecule has 0 radical (unpaired) electrons. The standard InChI is InChI=1S/C14H26N4O2.C10H16/c1-13(2,3)17-12(20)7-18-8-14(9-18)4-10(5-14)16-6-11(15)19;1-7-2-9-4-8(1)5-10(3-7)6-9/h10,16H,4-9H2,1-3H3,(H2,15,19)(H,17,20);7-10H,1-6H2. The van der Waals surface area contributed by atoms with E-state index >= 15 is 0 Å². The monoisotopic (exact) mass is 418 g/mol. The molecule has 0 aromatic rings. The molecule has 1 saturated heterocycles. The summed E-state index contributed by atoms with van der Waals surface area (Å²) in [6.45, 7) is 8.69. The molecule has 1 aliphatic heterocycles. The van der Waals surface area contributed by atoms with Gasteiger partial charge in [0, 0.05) is 24.7 Å². The topological polar surface area (TPSA) is 87.5 Å². The first-order valence-electron chi connectivity index (χ1n) is 12.1. The van der Waals surface area contributed by atoms with Crippen molar-refractivity contribution >= 4 is 11.8 Å². The number of amides is 2. The van der Waals surface area contributed by atoms with Crippen molar-refractivity contribution in [2.24, 2.45) is 34.8 Å². The maximum atomic E-state index is 11.8. The van der Waals surface area contributed by atoms with E-state index in [1.54, 1.807) is 38.5 Å². The molecule has 4 N–H and O–H groups in total. The SMILES string of the molecule is C1C2CC3CC1CC(C2)C3.CC(C)(C)NC(=O)CN1CC2(CC(NCC(N)=O)C2)C1. The largest absolute Gasteiger partial charge is 0.369 e. The van der Waals surface area contributed by atoms with Crippen LogP contribution in [-0.4, -0.2) is 54.5 Å². The predicted octanol–water partition coefficient (Wildman–Crippen LogP) is 2.27. The van der Waals surface area contributed by atoms with Crippen molar-refractivity contribution in [2.45, 2.75) is 83.7 Å². The molecule has 6 fully saturated rings. The molecule has 170 valence electrons. The van der Waals surface area contributed by atoms with Crippen LogP contribution in [0, 0.1) is 29.1 Å². The van der Waals surface area contributed by atoms with Crippen molar-refractivity contribution in [3.63, 3.8) is 0 Å². The number of nitrogens with one attached hydrogen (secondary N) is 2. The smallest absolute Gasteiger partial charge is 0.234 e. The number of nitrogens with two attached hydrogens (primary N) is 1. The average Bonchev–Trinajstić information content (AvgIpc) is 2.52. The number of likely N-dealkylation sites (tertiary alicyclic amines) is 1. The van der Waals surface area contributed by atoms with Gasteiger partial charge in [0.15, 0.2) is 0 Å². The minimum absolute atomic E-state index is 0.0927. The molecule has 0 atom stereocenters. The van der Waals surface area contributed by atoms with Crippen LogP contribution < -0.4 is 16.4 Å². The van der Waals surface area contributed by atoms with Crippen molar-refractivity contribution < 1.29 is 9.59 Å². The molecule has 6 nitrogen and oxygen atoms in total. The highest BCUT2D eigenvalue weighted by Crippen LogP contribution is 2.53. The molecule has 5 aliphatic carbocycles. The summed E-state index contributed by atoms with van der Waals surface area (Å²) in [5, 5.41) is 6.14. The minimum atomic E-state index is -0.306. The summed E-state index contributed by atoms with van der Waals surface area (Å²) in [5.41, 5.74) is 5.31. The van der Waals surface area contributed by atoms with E-state index in [2.05, 4.69) is 15.5 Å². The normalized spacial score (nSPS) is 34.0. The fourth-order valence-electron chi connectivity index (χ4n) is 7.29. The van der Waals surface area contributed by atoms with Crippen molar-refractivity contribution in [1.82, 2.24) is 15.5 Å². The van der Waals surface area contributed by atoms with Crippen molar-refractivity contribution in [1.29, 1.82) is 0 Å². The van der Waals surface area contributed by atoms with E-state index in [4.69, 9.17) is 5.73 Å². The Kier molecular flexibility index (Phi) is 6.19. The van der Waals surface area contributed by atoms with Gasteiger partial charge >= 0.3 is 0 Å². The molecule has 6 heteroatoms. The molecule has 5 saturated carbocycles. The van der Waals surface area contributed by atoms with E-state index in [-0.39, 0.29) is 23.9 Å². The second-order valence-electron chi connectivity index (χ2n) is 12.3. The Morgan fingerprint density at radius 3 is 1.80 bits per heavy atom. The lowest BCUT2D eigenvalue weighted by Crippen LogP contribution is -2.67. The van der Waals surface area contributed by atoms with Crippen LogP contribution in [0.25, 0.3) is 0 Å². The first kappa shape index (κ1) is 22.1. The molecule has 0 unspecified atom stereocenters. The van der Waals surface area contributed by atoms with Crippen LogP contribution in [0.5, 0.6) is 0 Å². The van der Waals surface area contributed by atoms with Crippen molar-refractivity contribution in [3.8, 4) is 0 Å². The number of primary amides is 1. The number of carbonyl (C=O) groups is 2. The van der Waals surface area contributed by atoms with Gasteiger partial charge in [0.25, 0.3) is 0 Å². The Balaban J connectivity index is 0.000000178. The summed E-state index contributed by atoms with van der Waals surface area (Å²) >= 11 is 0. The van der Waals surface area contributed by atoms with Crippen LogP contribution in [0.2, 0.25) is 0 Å². The van der Waals surface area contributed by atoms with Gasteiger partial charge in [-0.25, -0.2) is 0 Å². The summed E-state index contributed by atoms with van der Waals surface area (Å²) in [5.74, 6) is 4.50. The van der Waals surface area contributed by atoms with E-state index in [0.717, 1.165) is 25.9 Å². The molecule has 6 aliphatic rings. The average molecular weight is 419 g/mol. The second-order valence-corrected chi connectivity index (χ2v) is 12.3. The highest BCUT2D eigenvalue weighted by atomic mass is 16.2. The Morgan fingerprint density at radius 1 is 0.933 bits per heavy atom. The molecular formula is C24H42N4O2. The fourth-order valence-corrected chi connectivity index (χ4v) is 7.29. The first-order valence-corrected chi connectivity index (χ1v) is 12.1. The summed E-state index contributed by atoms with van der Waals surface area (Å²) < 4.78 is 0. The zero-order chi connectivity index (χ0) is 21.5. The maximum absolute atomic E-state index is 11.8. The lowest BCUT2D eigenvalue weighted by atomic mass is 9.56. The van der Waals surface area contributed by atoms with Crippen LogP contribution >= 0.6 is 0 Å². The molecule has 1 heterocycles. The fraction of sp³-hybridized carbons (Fsp3) is 0.917. The van der Waals surface area contributed by atoms with Crippen LogP contribution in [0.15, 0.2) is 0 Å². The van der Waals surface area contributed by atoms with Gasteiger partial charge in [0.05, 0.1) is 13.1 Å². The summed E-state index contributed by atoms with van der Waals surface area (Å²) in [6, 6.07) is 0.410. The quantitative estimate of drug-likeness (QED) is 0.639. The highest BCUT2D eigenvalue weighted by molar-refractivity contribution is 5.78. The number of nitrogens with zero attached hydrogens (tertiary/aromatic N) is 1. The highest BCUT2D eigenvalue weighted by Gasteiger charge is 2.52. The van der Waals surface area contributed by atoms with Gasteiger partial charge in [-0.1, -0.05) is 0 Å². The summed E-state index contributed by atoms with van der Waals surface area (Å²) in [7, 11) is 0. The number of hydrogen-bond acceptors (Lipinski definition) is 4. The van der Waals surface area contributed by atoms with E-state index < -0.39 is 0 Å². The Bertz CT molecular complexity index is 586. The van der Waals surface area contributed by atoms with Gasteiger partial charge in [-0.05, 0) is 101 Å². The molecular weight excluding hydrogens is 376 g/mol. The maximum Gasteiger partial charge on any atom is 0.234 e. The predicted molar refractivity (Wildman–Crippen MR) is 119 cm³/mol. The van der Waals surface area contributed by atoms with Gasteiger partial charge in [0.1, 0.15) is 0 Å². The summed E-state index contributed by atoms with van der Waals surface area (Å²) in [4.78, 5) is 24.7. The Labute approximate surface area is 182 Å². The van der Waals surface area contributed by atoms with E-state index in [1.165, 1.54) is 23.7 Å². The van der Waals surface area contributed by atoms with Gasteiger partial charge < -0.3 is 16.4 Å². The zero-order valence-corrected chi connectivity index (χ0v) is 19.2. The molecule has 0 aromatic heterocycles. The van der Waals surface area contributed by atoms with Gasteiger partial charge in [-0.15, -0.1) is 0 Å². The summed E-state index contributed by atoms with van der Waals surface area (Å²) in [6.07, 6.45) is 11.8. The number of carbonyl (C=O) groups excluding carboxylic acids is 2. The van der Waals surface area contributed by atoms with Crippen LogP contribution in [0.4, 0.5) is 0 Å². The zero-order valence-electron chi connectivity index (χ0n) is 19.2. The lowest BCUT2D eigenvalue weighted by Gasteiger charge is -2.59. The molecule has 30 heavy (non-hydrogen) atoms. The van der Waals surface area contributed by atoms with Crippen LogP contribution in [0.3, 0.4) is 0 Å².